The first-order valence-corrected chi connectivity index (χ1v) is 12.3. The predicted octanol–water partition coefficient (Wildman–Crippen LogP) is 5.16. The average Bonchev–Trinajstić information content (AvgIpc) is 3.17. The summed E-state index contributed by atoms with van der Waals surface area (Å²) in [5.41, 5.74) is -0.636. The van der Waals surface area contributed by atoms with E-state index in [1.165, 1.54) is 49.4 Å². The normalized spacial score (nSPS) is 11.8. The molecule has 2 aromatic carbocycles. The van der Waals surface area contributed by atoms with E-state index in [1.807, 2.05) is 0 Å². The molecule has 10 heteroatoms. The molecule has 0 unspecified atom stereocenters. The zero-order valence-corrected chi connectivity index (χ0v) is 20.6. The van der Waals surface area contributed by atoms with Crippen molar-refractivity contribution >= 4 is 27.3 Å². The zero-order chi connectivity index (χ0) is 24.4. The first-order valence-electron chi connectivity index (χ1n) is 10.0. The van der Waals surface area contributed by atoms with Gasteiger partial charge in [-0.1, -0.05) is 18.2 Å². The third-order valence-corrected chi connectivity index (χ3v) is 7.74. The van der Waals surface area contributed by atoms with Crippen molar-refractivity contribution in [3.63, 3.8) is 0 Å². The lowest BCUT2D eigenvalue weighted by Gasteiger charge is -2.24. The van der Waals surface area contributed by atoms with Crippen LogP contribution in [0.15, 0.2) is 57.6 Å². The second-order valence-corrected chi connectivity index (χ2v) is 11.5. The van der Waals surface area contributed by atoms with Gasteiger partial charge in [-0.2, -0.15) is 0 Å². The lowest BCUT2D eigenvalue weighted by Crippen LogP contribution is -2.33. The van der Waals surface area contributed by atoms with Gasteiger partial charge in [-0.25, -0.2) is 22.6 Å². The van der Waals surface area contributed by atoms with Crippen LogP contribution < -0.4 is 4.74 Å². The van der Waals surface area contributed by atoms with E-state index in [0.29, 0.717) is 10.8 Å². The molecule has 33 heavy (non-hydrogen) atoms. The molecule has 0 saturated heterocycles. The van der Waals surface area contributed by atoms with Gasteiger partial charge in [0.2, 0.25) is 9.84 Å². The summed E-state index contributed by atoms with van der Waals surface area (Å²) < 4.78 is 52.0. The fourth-order valence-electron chi connectivity index (χ4n) is 2.90. The maximum atomic E-state index is 14.6. The van der Waals surface area contributed by atoms with Crippen LogP contribution in [-0.4, -0.2) is 44.2 Å². The number of aromatic nitrogens is 1. The molecule has 1 heterocycles. The quantitative estimate of drug-likeness (QED) is 0.473. The summed E-state index contributed by atoms with van der Waals surface area (Å²) in [5, 5.41) is 0.322. The van der Waals surface area contributed by atoms with E-state index in [9.17, 15) is 17.6 Å². The van der Waals surface area contributed by atoms with E-state index < -0.39 is 27.3 Å². The van der Waals surface area contributed by atoms with Gasteiger partial charge in [0, 0.05) is 12.6 Å². The highest BCUT2D eigenvalue weighted by molar-refractivity contribution is 7.93. The number of benzene rings is 2. The minimum atomic E-state index is -4.06. The Balaban J connectivity index is 2.08. The van der Waals surface area contributed by atoms with Gasteiger partial charge < -0.3 is 14.4 Å². The van der Waals surface area contributed by atoms with Crippen LogP contribution in [0.25, 0.3) is 11.3 Å². The Morgan fingerprint density at radius 2 is 1.85 bits per heavy atom. The Hall–Kier alpha value is -2.98. The molecule has 7 nitrogen and oxygen atoms in total. The van der Waals surface area contributed by atoms with Crippen molar-refractivity contribution in [1.82, 2.24) is 9.88 Å². The van der Waals surface area contributed by atoms with Crippen molar-refractivity contribution < 1.29 is 27.1 Å². The van der Waals surface area contributed by atoms with Gasteiger partial charge in [0.05, 0.1) is 18.6 Å². The van der Waals surface area contributed by atoms with E-state index >= 15 is 0 Å². The summed E-state index contributed by atoms with van der Waals surface area (Å²) in [6, 6.07) is 11.9. The summed E-state index contributed by atoms with van der Waals surface area (Å²) in [6.07, 6.45) is -0.581. The molecule has 1 aromatic heterocycles. The van der Waals surface area contributed by atoms with Crippen LogP contribution in [0.1, 0.15) is 25.8 Å². The van der Waals surface area contributed by atoms with Gasteiger partial charge >= 0.3 is 6.09 Å². The smallest absolute Gasteiger partial charge is 0.410 e. The molecule has 3 rings (SSSR count). The van der Waals surface area contributed by atoms with Crippen molar-refractivity contribution in [2.45, 2.75) is 42.0 Å². The van der Waals surface area contributed by atoms with E-state index in [-0.39, 0.29) is 26.9 Å². The molecule has 0 aliphatic carbocycles. The maximum Gasteiger partial charge on any atom is 0.410 e. The van der Waals surface area contributed by atoms with Gasteiger partial charge in [-0.15, -0.1) is 11.3 Å². The number of halogens is 1. The van der Waals surface area contributed by atoms with Crippen molar-refractivity contribution in [3.8, 4) is 17.0 Å². The van der Waals surface area contributed by atoms with Gasteiger partial charge in [-0.05, 0) is 51.1 Å². The molecule has 0 bridgehead atoms. The number of thiazole rings is 1. The summed E-state index contributed by atoms with van der Waals surface area (Å²) in [6.45, 7) is 5.24. The Bertz CT molecular complexity index is 1270. The summed E-state index contributed by atoms with van der Waals surface area (Å²) >= 11 is 0.886. The highest BCUT2D eigenvalue weighted by atomic mass is 32.2. The number of hydrogen-bond donors (Lipinski definition) is 0. The van der Waals surface area contributed by atoms with Crippen LogP contribution in [0.4, 0.5) is 9.18 Å². The SMILES string of the molecule is COc1cccc(S(=O)(=O)c2sc(CN(C)C(=O)OC(C)(C)C)nc2-c2ccccc2F)c1. The molecule has 0 aliphatic rings. The molecular weight excluding hydrogens is 467 g/mol. The van der Waals surface area contributed by atoms with Crippen LogP contribution >= 0.6 is 11.3 Å². The fourth-order valence-corrected chi connectivity index (χ4v) is 5.94. The molecule has 176 valence electrons. The summed E-state index contributed by atoms with van der Waals surface area (Å²) in [4.78, 5) is 18.1. The van der Waals surface area contributed by atoms with E-state index in [0.717, 1.165) is 11.3 Å². The standard InChI is InChI=1S/C23H25FN2O5S2/c1-23(2,3)31-22(27)26(4)14-19-25-20(17-11-6-7-12-18(17)24)21(32-19)33(28,29)16-10-8-9-15(13-16)30-5/h6-13H,14H2,1-5H3. The lowest BCUT2D eigenvalue weighted by molar-refractivity contribution is 0.0285. The second kappa shape index (κ2) is 9.48. The molecular formula is C23H25FN2O5S2. The minimum Gasteiger partial charge on any atom is -0.497 e. The van der Waals surface area contributed by atoms with E-state index in [4.69, 9.17) is 9.47 Å². The van der Waals surface area contributed by atoms with Gasteiger partial charge in [-0.3, -0.25) is 0 Å². The Labute approximate surface area is 196 Å². The number of ether oxygens (including phenoxy) is 2. The van der Waals surface area contributed by atoms with Gasteiger partial charge in [0.25, 0.3) is 0 Å². The third-order valence-electron chi connectivity index (χ3n) is 4.44. The Kier molecular flexibility index (Phi) is 7.08. The molecule has 0 atom stereocenters. The molecule has 0 saturated carbocycles. The van der Waals surface area contributed by atoms with E-state index in [2.05, 4.69) is 4.98 Å². The molecule has 0 fully saturated rings. The fraction of sp³-hybridized carbons (Fsp3) is 0.304. The van der Waals surface area contributed by atoms with Gasteiger partial charge in [0.15, 0.2) is 4.21 Å². The first-order chi connectivity index (χ1) is 15.4. The lowest BCUT2D eigenvalue weighted by atomic mass is 10.1. The molecule has 1 amide bonds. The minimum absolute atomic E-state index is 0.00450. The number of sulfone groups is 1. The van der Waals surface area contributed by atoms with Crippen LogP contribution in [0.3, 0.4) is 0 Å². The highest BCUT2D eigenvalue weighted by Gasteiger charge is 2.29. The van der Waals surface area contributed by atoms with Crippen molar-refractivity contribution in [2.75, 3.05) is 14.2 Å². The monoisotopic (exact) mass is 492 g/mol. The van der Waals surface area contributed by atoms with Crippen LogP contribution in [-0.2, 0) is 21.1 Å². The highest BCUT2D eigenvalue weighted by Crippen LogP contribution is 2.38. The molecule has 0 spiro atoms. The van der Waals surface area contributed by atoms with E-state index in [1.54, 1.807) is 39.0 Å². The maximum absolute atomic E-state index is 14.6. The van der Waals surface area contributed by atoms with Crippen molar-refractivity contribution in [1.29, 1.82) is 0 Å². The molecule has 3 aromatic rings. The third kappa shape index (κ3) is 5.69. The molecule has 0 radical (unpaired) electrons. The molecule has 0 aliphatic heterocycles. The number of methoxy groups -OCH3 is 1. The van der Waals surface area contributed by atoms with Crippen molar-refractivity contribution in [2.24, 2.45) is 0 Å². The number of rotatable bonds is 6. The van der Waals surface area contributed by atoms with Crippen LogP contribution in [0.5, 0.6) is 5.75 Å². The van der Waals surface area contributed by atoms with Crippen LogP contribution in [0.2, 0.25) is 0 Å². The largest absolute Gasteiger partial charge is 0.497 e. The molecule has 0 N–H and O–H groups in total. The average molecular weight is 493 g/mol. The second-order valence-electron chi connectivity index (χ2n) is 8.24. The zero-order valence-electron chi connectivity index (χ0n) is 19.0. The Morgan fingerprint density at radius 1 is 1.15 bits per heavy atom. The van der Waals surface area contributed by atoms with Crippen molar-refractivity contribution in [3.05, 3.63) is 59.4 Å². The number of nitrogens with zero attached hydrogens (tertiary/aromatic N) is 2. The number of carbonyl (C=O) groups excluding carboxylic acids is 1. The number of carbonyl (C=O) groups is 1. The Morgan fingerprint density at radius 3 is 2.48 bits per heavy atom. The number of hydrogen-bond acceptors (Lipinski definition) is 7. The summed E-state index contributed by atoms with van der Waals surface area (Å²) in [5.74, 6) is -0.227. The number of amides is 1. The topological polar surface area (TPSA) is 85.8 Å². The van der Waals surface area contributed by atoms with Crippen LogP contribution in [0, 0.1) is 5.82 Å². The predicted molar refractivity (Wildman–Crippen MR) is 124 cm³/mol. The first kappa shape index (κ1) is 24.7. The summed E-state index contributed by atoms with van der Waals surface area (Å²) in [7, 11) is -1.10. The van der Waals surface area contributed by atoms with Gasteiger partial charge in [0.1, 0.15) is 27.9 Å².